The molecule has 0 aliphatic carbocycles. The van der Waals surface area contributed by atoms with E-state index in [1.165, 1.54) is 38.5 Å². The van der Waals surface area contributed by atoms with Gasteiger partial charge in [0.1, 0.15) is 0 Å². The van der Waals surface area contributed by atoms with E-state index < -0.39 is 17.4 Å². The minimum atomic E-state index is -0.696. The number of carboxylic acids is 2. The Balaban J connectivity index is 5.27. The molecule has 0 rings (SSSR count). The van der Waals surface area contributed by atoms with Crippen molar-refractivity contribution in [3.8, 4) is 0 Å². The Kier molecular flexibility index (Phi) is 20.4. The maximum absolute atomic E-state index is 12.9. The summed E-state index contributed by atoms with van der Waals surface area (Å²) < 4.78 is 0. The lowest BCUT2D eigenvalue weighted by Gasteiger charge is -2.41. The lowest BCUT2D eigenvalue weighted by atomic mass is 9.62. The molecule has 0 aliphatic heterocycles. The zero-order valence-electron chi connectivity index (χ0n) is 24.1. The topological polar surface area (TPSA) is 74.6 Å². The van der Waals surface area contributed by atoms with Gasteiger partial charge in [0.15, 0.2) is 0 Å². The quantitative estimate of drug-likeness (QED) is 0.123. The summed E-state index contributed by atoms with van der Waals surface area (Å²) in [6.07, 6.45) is 20.9. The Bertz CT molecular complexity index is 532. The van der Waals surface area contributed by atoms with E-state index in [-0.39, 0.29) is 12.3 Å². The first kappa shape index (κ1) is 33.9. The number of hydrogen-bond acceptors (Lipinski definition) is 2. The van der Waals surface area contributed by atoms with Crippen LogP contribution in [-0.4, -0.2) is 22.2 Å². The van der Waals surface area contributed by atoms with Crippen molar-refractivity contribution in [3.05, 3.63) is 0 Å². The van der Waals surface area contributed by atoms with Crippen molar-refractivity contribution in [1.82, 2.24) is 0 Å². The second-order valence-corrected chi connectivity index (χ2v) is 11.2. The summed E-state index contributed by atoms with van der Waals surface area (Å²) in [6.45, 7) is 11.1. The number of aliphatic carboxylic acids is 2. The Morgan fingerprint density at radius 1 is 0.657 bits per heavy atom. The summed E-state index contributed by atoms with van der Waals surface area (Å²) in [4.78, 5) is 23.6. The molecule has 0 aliphatic rings. The highest BCUT2D eigenvalue weighted by Crippen LogP contribution is 2.46. The van der Waals surface area contributed by atoms with Crippen LogP contribution in [0, 0.1) is 23.2 Å². The minimum Gasteiger partial charge on any atom is -0.481 e. The van der Waals surface area contributed by atoms with Crippen molar-refractivity contribution in [1.29, 1.82) is 0 Å². The van der Waals surface area contributed by atoms with Crippen LogP contribution < -0.4 is 0 Å². The van der Waals surface area contributed by atoms with Gasteiger partial charge in [0.25, 0.3) is 0 Å². The van der Waals surface area contributed by atoms with Crippen molar-refractivity contribution < 1.29 is 19.8 Å². The van der Waals surface area contributed by atoms with E-state index in [9.17, 15) is 14.7 Å². The number of carbonyl (C=O) groups is 2. The molecule has 4 heteroatoms. The molecule has 0 saturated carbocycles. The first-order valence-corrected chi connectivity index (χ1v) is 15.3. The molecule has 0 heterocycles. The van der Waals surface area contributed by atoms with Crippen LogP contribution in [0.5, 0.6) is 0 Å². The van der Waals surface area contributed by atoms with Crippen LogP contribution in [0.2, 0.25) is 0 Å². The van der Waals surface area contributed by atoms with Crippen molar-refractivity contribution in [3.63, 3.8) is 0 Å². The molecule has 0 saturated heterocycles. The summed E-state index contributed by atoms with van der Waals surface area (Å²) >= 11 is 0. The maximum Gasteiger partial charge on any atom is 0.309 e. The van der Waals surface area contributed by atoms with Gasteiger partial charge in [0.2, 0.25) is 0 Å². The number of unbranched alkanes of at least 4 members (excludes halogenated alkanes) is 8. The summed E-state index contributed by atoms with van der Waals surface area (Å²) in [7, 11) is 0. The average Bonchev–Trinajstić information content (AvgIpc) is 2.84. The van der Waals surface area contributed by atoms with Gasteiger partial charge in [-0.05, 0) is 49.9 Å². The highest BCUT2D eigenvalue weighted by molar-refractivity contribution is 5.75. The van der Waals surface area contributed by atoms with E-state index in [4.69, 9.17) is 5.11 Å². The molecule has 0 aromatic carbocycles. The minimum absolute atomic E-state index is 0.262. The highest BCUT2D eigenvalue weighted by atomic mass is 16.4. The van der Waals surface area contributed by atoms with Gasteiger partial charge in [0.05, 0.1) is 5.41 Å². The van der Waals surface area contributed by atoms with E-state index in [2.05, 4.69) is 34.6 Å². The van der Waals surface area contributed by atoms with Gasteiger partial charge >= 0.3 is 11.9 Å². The van der Waals surface area contributed by atoms with Crippen molar-refractivity contribution in [2.24, 2.45) is 23.2 Å². The maximum atomic E-state index is 12.9. The van der Waals surface area contributed by atoms with Crippen LogP contribution in [-0.2, 0) is 9.59 Å². The van der Waals surface area contributed by atoms with Crippen LogP contribution in [0.1, 0.15) is 163 Å². The fourth-order valence-electron chi connectivity index (χ4n) is 6.03. The molecule has 208 valence electrons. The van der Waals surface area contributed by atoms with Crippen LogP contribution >= 0.6 is 0 Å². The van der Waals surface area contributed by atoms with Crippen LogP contribution in [0.4, 0.5) is 0 Å². The summed E-state index contributed by atoms with van der Waals surface area (Å²) in [5.41, 5.74) is -0.592. The third kappa shape index (κ3) is 14.3. The third-order valence-corrected chi connectivity index (χ3v) is 8.64. The highest BCUT2D eigenvalue weighted by Gasteiger charge is 2.45. The molecule has 4 nitrogen and oxygen atoms in total. The molecule has 0 amide bonds. The van der Waals surface area contributed by atoms with Crippen molar-refractivity contribution in [2.45, 2.75) is 163 Å². The monoisotopic (exact) mass is 496 g/mol. The van der Waals surface area contributed by atoms with Gasteiger partial charge in [0, 0.05) is 6.42 Å². The summed E-state index contributed by atoms with van der Waals surface area (Å²) in [5, 5.41) is 19.4. The molecule has 35 heavy (non-hydrogen) atoms. The van der Waals surface area contributed by atoms with Gasteiger partial charge in [-0.2, -0.15) is 0 Å². The Morgan fingerprint density at radius 3 is 1.63 bits per heavy atom. The Morgan fingerprint density at radius 2 is 1.17 bits per heavy atom. The third-order valence-electron chi connectivity index (χ3n) is 8.64. The molecule has 0 bridgehead atoms. The van der Waals surface area contributed by atoms with E-state index in [1.807, 2.05) is 0 Å². The number of hydrogen-bond donors (Lipinski definition) is 2. The van der Waals surface area contributed by atoms with Gasteiger partial charge in [-0.15, -0.1) is 0 Å². The smallest absolute Gasteiger partial charge is 0.309 e. The predicted octanol–water partition coefficient (Wildman–Crippen LogP) is 9.89. The van der Waals surface area contributed by atoms with Gasteiger partial charge < -0.3 is 10.2 Å². The molecule has 0 aromatic rings. The zero-order valence-corrected chi connectivity index (χ0v) is 24.1. The molecule has 0 fully saturated rings. The van der Waals surface area contributed by atoms with E-state index in [0.29, 0.717) is 11.8 Å². The average molecular weight is 497 g/mol. The van der Waals surface area contributed by atoms with Gasteiger partial charge in [-0.1, -0.05) is 125 Å². The molecule has 2 N–H and O–H groups in total. The molecule has 0 spiro atoms. The first-order valence-electron chi connectivity index (χ1n) is 15.3. The van der Waals surface area contributed by atoms with Crippen molar-refractivity contribution >= 4 is 11.9 Å². The second-order valence-electron chi connectivity index (χ2n) is 11.2. The lowest BCUT2D eigenvalue weighted by molar-refractivity contribution is -0.156. The zero-order chi connectivity index (χ0) is 26.5. The number of carboxylic acid groups (broad SMARTS) is 2. The second kappa shape index (κ2) is 21.1. The molecule has 4 atom stereocenters. The molecule has 4 unspecified atom stereocenters. The van der Waals surface area contributed by atoms with Crippen LogP contribution in [0.3, 0.4) is 0 Å². The summed E-state index contributed by atoms with van der Waals surface area (Å²) in [5.74, 6) is 0.158. The van der Waals surface area contributed by atoms with Gasteiger partial charge in [-0.3, -0.25) is 9.59 Å². The first-order chi connectivity index (χ1) is 16.8. The van der Waals surface area contributed by atoms with E-state index in [0.717, 1.165) is 83.5 Å². The van der Waals surface area contributed by atoms with E-state index in [1.54, 1.807) is 0 Å². The predicted molar refractivity (Wildman–Crippen MR) is 149 cm³/mol. The van der Waals surface area contributed by atoms with Crippen LogP contribution in [0.25, 0.3) is 0 Å². The van der Waals surface area contributed by atoms with E-state index >= 15 is 0 Å². The largest absolute Gasteiger partial charge is 0.481 e. The SMILES string of the molecule is CCCCC(CC)CC(CCCCCCCCCC(=O)O)C(CC)(CC(CC)CCCC)C(=O)O. The molecule has 0 radical (unpaired) electrons. The molecular weight excluding hydrogens is 436 g/mol. The molecular formula is C31H60O4. The standard InChI is InChI=1S/C31H60O4/c1-6-11-20-26(8-3)24-28(22-18-16-14-13-15-17-19-23-29(32)33)31(10-5,30(34)35)25-27(9-4)21-12-7-2/h26-28H,6-25H2,1-5H3,(H,32,33)(H,34,35). The Labute approximate surface area is 218 Å². The van der Waals surface area contributed by atoms with Gasteiger partial charge in [-0.25, -0.2) is 0 Å². The normalized spacial score (nSPS) is 15.9. The lowest BCUT2D eigenvalue weighted by Crippen LogP contribution is -2.41. The molecule has 0 aromatic heterocycles. The summed E-state index contributed by atoms with van der Waals surface area (Å²) in [6, 6.07) is 0. The van der Waals surface area contributed by atoms with Crippen LogP contribution in [0.15, 0.2) is 0 Å². The number of rotatable bonds is 25. The Hall–Kier alpha value is -1.06. The fourth-order valence-corrected chi connectivity index (χ4v) is 6.03. The van der Waals surface area contributed by atoms with Crippen molar-refractivity contribution in [2.75, 3.05) is 0 Å². The fraction of sp³-hybridized carbons (Fsp3) is 0.935.